The van der Waals surface area contributed by atoms with Gasteiger partial charge in [-0.25, -0.2) is 0 Å². The normalized spacial score (nSPS) is 11.3. The summed E-state index contributed by atoms with van der Waals surface area (Å²) in [5.74, 6) is 0.295. The predicted molar refractivity (Wildman–Crippen MR) is 110 cm³/mol. The maximum absolute atomic E-state index is 10.2. The number of pyridine rings is 1. The lowest BCUT2D eigenvalue weighted by Gasteiger charge is -2.19. The number of phenols is 1. The smallest absolute Gasteiger partial charge is 0.120 e. The number of hydrogen-bond acceptors (Lipinski definition) is 4. The van der Waals surface area contributed by atoms with Gasteiger partial charge in [-0.05, 0) is 49.5 Å². The van der Waals surface area contributed by atoms with Crippen LogP contribution in [0.15, 0.2) is 42.6 Å². The average molecular weight is 390 g/mol. The molecule has 3 aromatic rings. The van der Waals surface area contributed by atoms with Crippen molar-refractivity contribution in [1.82, 2.24) is 9.88 Å². The zero-order valence-corrected chi connectivity index (χ0v) is 16.3. The van der Waals surface area contributed by atoms with Gasteiger partial charge in [0.25, 0.3) is 0 Å². The Morgan fingerprint density at radius 3 is 2.50 bits per heavy atom. The standard InChI is InChI=1S/C20H21Cl2N3O/c1-3-25(4-2)12-13-11-14(5-8-18(13)26)24-17-9-10-23-20-16(22)7-6-15(21)19(17)20/h5-11,26H,3-4,12H2,1-2H3,(H,23,24). The zero-order valence-electron chi connectivity index (χ0n) is 14.8. The molecule has 0 spiro atoms. The third-order valence-electron chi connectivity index (χ3n) is 4.44. The van der Waals surface area contributed by atoms with Crippen molar-refractivity contribution in [2.24, 2.45) is 0 Å². The van der Waals surface area contributed by atoms with Crippen LogP contribution in [0.3, 0.4) is 0 Å². The molecule has 0 saturated heterocycles. The van der Waals surface area contributed by atoms with E-state index in [-0.39, 0.29) is 0 Å². The molecule has 1 aromatic heterocycles. The Labute approximate surface area is 163 Å². The number of hydrogen-bond donors (Lipinski definition) is 2. The number of benzene rings is 2. The highest BCUT2D eigenvalue weighted by molar-refractivity contribution is 6.40. The fraction of sp³-hybridized carbons (Fsp3) is 0.250. The number of aromatic nitrogens is 1. The minimum absolute atomic E-state index is 0.295. The lowest BCUT2D eigenvalue weighted by Crippen LogP contribution is -2.22. The van der Waals surface area contributed by atoms with Crippen LogP contribution >= 0.6 is 23.2 Å². The molecule has 2 N–H and O–H groups in total. The van der Waals surface area contributed by atoms with Gasteiger partial charge < -0.3 is 10.4 Å². The fourth-order valence-corrected chi connectivity index (χ4v) is 3.39. The van der Waals surface area contributed by atoms with E-state index in [0.717, 1.165) is 35.4 Å². The first-order chi connectivity index (χ1) is 12.5. The van der Waals surface area contributed by atoms with Crippen molar-refractivity contribution in [3.05, 3.63) is 58.2 Å². The van der Waals surface area contributed by atoms with E-state index in [1.165, 1.54) is 0 Å². The van der Waals surface area contributed by atoms with E-state index in [0.29, 0.717) is 27.9 Å². The van der Waals surface area contributed by atoms with Gasteiger partial charge in [0.1, 0.15) is 5.75 Å². The van der Waals surface area contributed by atoms with E-state index in [4.69, 9.17) is 23.2 Å². The van der Waals surface area contributed by atoms with E-state index in [2.05, 4.69) is 29.0 Å². The Morgan fingerprint density at radius 2 is 1.77 bits per heavy atom. The van der Waals surface area contributed by atoms with E-state index in [1.807, 2.05) is 18.2 Å². The lowest BCUT2D eigenvalue weighted by molar-refractivity contribution is 0.291. The second-order valence-corrected chi connectivity index (χ2v) is 6.86. The van der Waals surface area contributed by atoms with Gasteiger partial charge in [0.05, 0.1) is 21.2 Å². The maximum Gasteiger partial charge on any atom is 0.120 e. The number of nitrogens with zero attached hydrogens (tertiary/aromatic N) is 2. The van der Waals surface area contributed by atoms with Gasteiger partial charge in [0.2, 0.25) is 0 Å². The van der Waals surface area contributed by atoms with Crippen LogP contribution in [0.2, 0.25) is 10.0 Å². The van der Waals surface area contributed by atoms with Crippen molar-refractivity contribution < 1.29 is 5.11 Å². The van der Waals surface area contributed by atoms with Crippen molar-refractivity contribution in [1.29, 1.82) is 0 Å². The first-order valence-corrected chi connectivity index (χ1v) is 9.33. The van der Waals surface area contributed by atoms with Crippen molar-refractivity contribution in [3.8, 4) is 5.75 Å². The molecule has 0 bridgehead atoms. The van der Waals surface area contributed by atoms with Crippen molar-refractivity contribution in [2.45, 2.75) is 20.4 Å². The predicted octanol–water partition coefficient (Wildman–Crippen LogP) is 5.83. The quantitative estimate of drug-likeness (QED) is 0.520. The number of halogens is 2. The Bertz CT molecular complexity index is 926. The maximum atomic E-state index is 10.2. The van der Waals surface area contributed by atoms with Crippen LogP contribution in [0.25, 0.3) is 10.9 Å². The molecule has 136 valence electrons. The molecule has 0 unspecified atom stereocenters. The van der Waals surface area contributed by atoms with E-state index >= 15 is 0 Å². The Morgan fingerprint density at radius 1 is 1.04 bits per heavy atom. The molecule has 0 saturated carbocycles. The van der Waals surface area contributed by atoms with Gasteiger partial charge in [-0.2, -0.15) is 0 Å². The summed E-state index contributed by atoms with van der Waals surface area (Å²) in [5, 5.41) is 15.5. The van der Waals surface area contributed by atoms with Gasteiger partial charge in [-0.15, -0.1) is 0 Å². The summed E-state index contributed by atoms with van der Waals surface area (Å²) in [4.78, 5) is 6.58. The summed E-state index contributed by atoms with van der Waals surface area (Å²) < 4.78 is 0. The minimum atomic E-state index is 0.295. The number of phenolic OH excluding ortho intramolecular Hbond substituents is 1. The number of anilines is 2. The largest absolute Gasteiger partial charge is 0.508 e. The third-order valence-corrected chi connectivity index (χ3v) is 5.06. The van der Waals surface area contributed by atoms with E-state index in [9.17, 15) is 5.11 Å². The molecule has 0 atom stereocenters. The summed E-state index contributed by atoms with van der Waals surface area (Å²) in [6.07, 6.45) is 1.70. The molecule has 0 aliphatic heterocycles. The van der Waals surface area contributed by atoms with Crippen LogP contribution in [0.5, 0.6) is 5.75 Å². The minimum Gasteiger partial charge on any atom is -0.508 e. The molecule has 0 aliphatic carbocycles. The summed E-state index contributed by atoms with van der Waals surface area (Å²) in [5.41, 5.74) is 3.22. The Kier molecular flexibility index (Phi) is 5.87. The molecule has 26 heavy (non-hydrogen) atoms. The summed E-state index contributed by atoms with van der Waals surface area (Å²) in [6.45, 7) is 6.76. The number of rotatable bonds is 6. The molecule has 0 radical (unpaired) electrons. The molecule has 4 nitrogen and oxygen atoms in total. The summed E-state index contributed by atoms with van der Waals surface area (Å²) >= 11 is 12.6. The zero-order chi connectivity index (χ0) is 18.7. The molecule has 3 rings (SSSR count). The highest BCUT2D eigenvalue weighted by atomic mass is 35.5. The molecule has 0 amide bonds. The van der Waals surface area contributed by atoms with E-state index < -0.39 is 0 Å². The number of nitrogens with one attached hydrogen (secondary N) is 1. The van der Waals surface area contributed by atoms with Gasteiger partial charge >= 0.3 is 0 Å². The second kappa shape index (κ2) is 8.12. The Hall–Kier alpha value is -2.01. The van der Waals surface area contributed by atoms with Crippen molar-refractivity contribution >= 4 is 45.5 Å². The first kappa shape index (κ1) is 18.8. The van der Waals surface area contributed by atoms with Crippen LogP contribution in [-0.2, 0) is 6.54 Å². The van der Waals surface area contributed by atoms with Crippen molar-refractivity contribution in [3.63, 3.8) is 0 Å². The second-order valence-electron chi connectivity index (χ2n) is 6.04. The van der Waals surface area contributed by atoms with Crippen molar-refractivity contribution in [2.75, 3.05) is 18.4 Å². The average Bonchev–Trinajstić information content (AvgIpc) is 2.65. The summed E-state index contributed by atoms with van der Waals surface area (Å²) in [6, 6.07) is 10.9. The number of aromatic hydroxyl groups is 1. The van der Waals surface area contributed by atoms with Gasteiger partial charge in [0.15, 0.2) is 0 Å². The molecule has 0 aliphatic rings. The highest BCUT2D eigenvalue weighted by Crippen LogP contribution is 2.35. The Balaban J connectivity index is 1.97. The molecule has 6 heteroatoms. The molecule has 1 heterocycles. The SMILES string of the molecule is CCN(CC)Cc1cc(Nc2ccnc3c(Cl)ccc(Cl)c23)ccc1O. The highest BCUT2D eigenvalue weighted by Gasteiger charge is 2.11. The lowest BCUT2D eigenvalue weighted by atomic mass is 10.1. The molecular formula is C20H21Cl2N3O. The van der Waals surface area contributed by atoms with Crippen LogP contribution in [0.1, 0.15) is 19.4 Å². The van der Waals surface area contributed by atoms with Crippen LogP contribution in [0.4, 0.5) is 11.4 Å². The summed E-state index contributed by atoms with van der Waals surface area (Å²) in [7, 11) is 0. The van der Waals surface area contributed by atoms with Gasteiger partial charge in [-0.1, -0.05) is 37.0 Å². The topological polar surface area (TPSA) is 48.4 Å². The van der Waals surface area contributed by atoms with Gasteiger partial charge in [0, 0.05) is 29.4 Å². The van der Waals surface area contributed by atoms with Crippen LogP contribution < -0.4 is 5.32 Å². The van der Waals surface area contributed by atoms with Crippen LogP contribution in [-0.4, -0.2) is 28.1 Å². The van der Waals surface area contributed by atoms with Crippen LogP contribution in [0, 0.1) is 0 Å². The molecule has 0 fully saturated rings. The van der Waals surface area contributed by atoms with E-state index in [1.54, 1.807) is 24.4 Å². The molecule has 2 aromatic carbocycles. The monoisotopic (exact) mass is 389 g/mol. The first-order valence-electron chi connectivity index (χ1n) is 8.57. The third kappa shape index (κ3) is 3.88. The molecular weight excluding hydrogens is 369 g/mol. The fourth-order valence-electron chi connectivity index (χ4n) is 2.93. The van der Waals surface area contributed by atoms with Gasteiger partial charge in [-0.3, -0.25) is 9.88 Å². The number of fused-ring (bicyclic) bond motifs is 1.